The van der Waals surface area contributed by atoms with Crippen molar-refractivity contribution in [2.24, 2.45) is 5.92 Å². The van der Waals surface area contributed by atoms with Crippen LogP contribution in [0.3, 0.4) is 0 Å². The topological polar surface area (TPSA) is 102 Å². The van der Waals surface area contributed by atoms with Crippen molar-refractivity contribution in [1.29, 1.82) is 0 Å². The quantitative estimate of drug-likeness (QED) is 0.754. The van der Waals surface area contributed by atoms with Crippen molar-refractivity contribution in [3.63, 3.8) is 0 Å². The summed E-state index contributed by atoms with van der Waals surface area (Å²) in [5.41, 5.74) is 0.774. The maximum absolute atomic E-state index is 12.3. The summed E-state index contributed by atoms with van der Waals surface area (Å²) in [5, 5.41) is 3.15. The first kappa shape index (κ1) is 19.7. The number of aromatic nitrogens is 4. The van der Waals surface area contributed by atoms with Gasteiger partial charge in [-0.3, -0.25) is 0 Å². The molecule has 2 aromatic heterocycles. The van der Waals surface area contributed by atoms with Crippen LogP contribution in [0.25, 0.3) is 11.4 Å². The van der Waals surface area contributed by atoms with Crippen LogP contribution in [0.4, 0.5) is 5.95 Å². The minimum atomic E-state index is -3.31. The molecule has 0 aromatic carbocycles. The van der Waals surface area contributed by atoms with E-state index >= 15 is 0 Å². The van der Waals surface area contributed by atoms with Gasteiger partial charge in [0.15, 0.2) is 0 Å². The summed E-state index contributed by atoms with van der Waals surface area (Å²) < 4.78 is 33.4. The summed E-state index contributed by atoms with van der Waals surface area (Å²) in [6.07, 6.45) is 6.99. The molecule has 3 rings (SSSR count). The van der Waals surface area contributed by atoms with Gasteiger partial charge in [-0.25, -0.2) is 27.7 Å². The van der Waals surface area contributed by atoms with E-state index in [9.17, 15) is 8.42 Å². The van der Waals surface area contributed by atoms with Gasteiger partial charge in [-0.05, 0) is 13.8 Å². The Kier molecular flexibility index (Phi) is 5.78. The largest absolute Gasteiger partial charge is 0.379 e. The lowest BCUT2D eigenvalue weighted by Gasteiger charge is -2.22. The fourth-order valence-electron chi connectivity index (χ4n) is 3.05. The number of nitrogens with zero attached hydrogens (tertiary/aromatic N) is 5. The van der Waals surface area contributed by atoms with Gasteiger partial charge in [0, 0.05) is 50.8 Å². The molecule has 0 saturated carbocycles. The predicted octanol–water partition coefficient (Wildman–Crippen LogP) is 1.24. The Hall–Kier alpha value is -2.04. The zero-order valence-corrected chi connectivity index (χ0v) is 16.8. The maximum atomic E-state index is 12.3. The van der Waals surface area contributed by atoms with E-state index in [0.717, 1.165) is 5.56 Å². The smallest absolute Gasteiger partial charge is 0.222 e. The van der Waals surface area contributed by atoms with E-state index in [-0.39, 0.29) is 23.8 Å². The van der Waals surface area contributed by atoms with Gasteiger partial charge in [-0.2, -0.15) is 0 Å². The van der Waals surface area contributed by atoms with E-state index in [1.807, 2.05) is 24.6 Å². The summed E-state index contributed by atoms with van der Waals surface area (Å²) in [5.74, 6) is 1.16. The van der Waals surface area contributed by atoms with E-state index in [2.05, 4.69) is 20.3 Å². The van der Waals surface area contributed by atoms with Crippen LogP contribution in [-0.4, -0.2) is 71.3 Å². The van der Waals surface area contributed by atoms with Crippen LogP contribution in [0.1, 0.15) is 19.9 Å². The minimum absolute atomic E-state index is 0.0377. The third-order valence-electron chi connectivity index (χ3n) is 4.50. The first-order chi connectivity index (χ1) is 12.8. The van der Waals surface area contributed by atoms with Gasteiger partial charge in [0.05, 0.1) is 30.6 Å². The van der Waals surface area contributed by atoms with Gasteiger partial charge in [0.2, 0.25) is 16.0 Å². The highest BCUT2D eigenvalue weighted by Crippen LogP contribution is 2.31. The fraction of sp³-hybridized carbons (Fsp3) is 0.588. The first-order valence-corrected chi connectivity index (χ1v) is 10.5. The second-order valence-corrected chi connectivity index (χ2v) is 9.41. The van der Waals surface area contributed by atoms with Gasteiger partial charge in [-0.15, -0.1) is 0 Å². The summed E-state index contributed by atoms with van der Waals surface area (Å²) in [6, 6.07) is 0.138. The van der Waals surface area contributed by atoms with Crippen molar-refractivity contribution in [3.8, 4) is 11.4 Å². The SMILES string of the molecule is CC(C)Nc1ncc(-c2nccn2[C@@H]2COC[C@H]2CS(=O)(=O)N(C)C)cn1. The highest BCUT2D eigenvalue weighted by Gasteiger charge is 2.35. The molecule has 0 amide bonds. The molecular formula is C17H26N6O3S. The van der Waals surface area contributed by atoms with E-state index in [1.54, 1.807) is 32.7 Å². The van der Waals surface area contributed by atoms with Crippen LogP contribution < -0.4 is 5.32 Å². The lowest BCUT2D eigenvalue weighted by molar-refractivity contribution is 0.182. The lowest BCUT2D eigenvalue weighted by atomic mass is 10.1. The molecule has 2 atom stereocenters. The van der Waals surface area contributed by atoms with E-state index < -0.39 is 10.0 Å². The lowest BCUT2D eigenvalue weighted by Crippen LogP contribution is -2.32. The van der Waals surface area contributed by atoms with Crippen molar-refractivity contribution in [2.45, 2.75) is 25.9 Å². The van der Waals surface area contributed by atoms with Crippen LogP contribution in [0.2, 0.25) is 0 Å². The Morgan fingerprint density at radius 2 is 1.96 bits per heavy atom. The van der Waals surface area contributed by atoms with Crippen LogP contribution in [-0.2, 0) is 14.8 Å². The number of hydrogen-bond acceptors (Lipinski definition) is 7. The number of imidazole rings is 1. The maximum Gasteiger partial charge on any atom is 0.222 e. The van der Waals surface area contributed by atoms with Gasteiger partial charge in [0.25, 0.3) is 0 Å². The highest BCUT2D eigenvalue weighted by molar-refractivity contribution is 7.89. The molecule has 1 fully saturated rings. The van der Waals surface area contributed by atoms with Crippen LogP contribution in [0.15, 0.2) is 24.8 Å². The summed E-state index contributed by atoms with van der Waals surface area (Å²) in [6.45, 7) is 4.89. The minimum Gasteiger partial charge on any atom is -0.379 e. The molecule has 1 N–H and O–H groups in total. The first-order valence-electron chi connectivity index (χ1n) is 8.87. The monoisotopic (exact) mass is 394 g/mol. The van der Waals surface area contributed by atoms with E-state index in [0.29, 0.717) is 25.0 Å². The van der Waals surface area contributed by atoms with Crippen molar-refractivity contribution in [1.82, 2.24) is 23.8 Å². The molecule has 0 bridgehead atoms. The van der Waals surface area contributed by atoms with Gasteiger partial charge < -0.3 is 14.6 Å². The Morgan fingerprint density at radius 3 is 2.59 bits per heavy atom. The second kappa shape index (κ2) is 7.91. The molecule has 3 heterocycles. The predicted molar refractivity (Wildman–Crippen MR) is 103 cm³/mol. The number of sulfonamides is 1. The molecule has 10 heteroatoms. The molecule has 27 heavy (non-hydrogen) atoms. The zero-order chi connectivity index (χ0) is 19.6. The molecular weight excluding hydrogens is 368 g/mol. The molecule has 0 aliphatic carbocycles. The van der Waals surface area contributed by atoms with Gasteiger partial charge >= 0.3 is 0 Å². The van der Waals surface area contributed by atoms with Gasteiger partial charge in [-0.1, -0.05) is 0 Å². The Balaban J connectivity index is 1.83. The second-order valence-electron chi connectivity index (χ2n) is 7.18. The standard InChI is InChI=1S/C17H26N6O3S/c1-12(2)21-17-19-7-13(8-20-17)16-18-5-6-23(16)15-10-26-9-14(15)11-27(24,25)22(3)4/h5-8,12,14-15H,9-11H2,1-4H3,(H,19,20,21)/t14-,15+/m0/s1. The van der Waals surface area contributed by atoms with Crippen LogP contribution in [0.5, 0.6) is 0 Å². The normalized spacial score (nSPS) is 20.5. The van der Waals surface area contributed by atoms with E-state index in [4.69, 9.17) is 4.74 Å². The number of rotatable bonds is 7. The average Bonchev–Trinajstić information content (AvgIpc) is 3.23. The Bertz CT molecular complexity index is 863. The molecule has 1 saturated heterocycles. The molecule has 0 spiro atoms. The van der Waals surface area contributed by atoms with E-state index in [1.165, 1.54) is 4.31 Å². The van der Waals surface area contributed by atoms with Crippen molar-refractivity contribution >= 4 is 16.0 Å². The zero-order valence-electron chi connectivity index (χ0n) is 16.0. The summed E-state index contributed by atoms with van der Waals surface area (Å²) >= 11 is 0. The summed E-state index contributed by atoms with van der Waals surface area (Å²) in [4.78, 5) is 13.1. The highest BCUT2D eigenvalue weighted by atomic mass is 32.2. The number of nitrogens with one attached hydrogen (secondary N) is 1. The Labute approximate surface area is 159 Å². The Morgan fingerprint density at radius 1 is 1.26 bits per heavy atom. The van der Waals surface area contributed by atoms with Crippen molar-refractivity contribution in [2.75, 3.05) is 38.4 Å². The molecule has 0 unspecified atom stereocenters. The fourth-order valence-corrected chi connectivity index (χ4v) is 4.21. The summed E-state index contributed by atoms with van der Waals surface area (Å²) in [7, 11) is -0.217. The van der Waals surface area contributed by atoms with Crippen molar-refractivity contribution in [3.05, 3.63) is 24.8 Å². The molecule has 2 aromatic rings. The van der Waals surface area contributed by atoms with Crippen molar-refractivity contribution < 1.29 is 13.2 Å². The van der Waals surface area contributed by atoms with Crippen LogP contribution in [0, 0.1) is 5.92 Å². The molecule has 148 valence electrons. The molecule has 1 aliphatic heterocycles. The van der Waals surface area contributed by atoms with Gasteiger partial charge in [0.1, 0.15) is 5.82 Å². The third-order valence-corrected chi connectivity index (χ3v) is 6.46. The molecule has 0 radical (unpaired) electrons. The number of ether oxygens (including phenoxy) is 1. The molecule has 1 aliphatic rings. The number of hydrogen-bond donors (Lipinski definition) is 1. The number of anilines is 1. The molecule has 9 nitrogen and oxygen atoms in total. The average molecular weight is 395 g/mol. The van der Waals surface area contributed by atoms with Crippen LogP contribution >= 0.6 is 0 Å². The third kappa shape index (κ3) is 4.45.